The van der Waals surface area contributed by atoms with Gasteiger partial charge < -0.3 is 5.32 Å². The quantitative estimate of drug-likeness (QED) is 0.671. The molecule has 8 heteroatoms. The maximum atomic E-state index is 12.7. The molecule has 1 aliphatic carbocycles. The molecule has 1 aromatic carbocycles. The van der Waals surface area contributed by atoms with Crippen molar-refractivity contribution in [1.29, 1.82) is 0 Å². The second-order valence-electron chi connectivity index (χ2n) is 7.33. The molecule has 0 radical (unpaired) electrons. The Labute approximate surface area is 171 Å². The van der Waals surface area contributed by atoms with Crippen molar-refractivity contribution in [1.82, 2.24) is 9.29 Å². The van der Waals surface area contributed by atoms with Crippen LogP contribution in [0.3, 0.4) is 0 Å². The number of thiazole rings is 1. The lowest BCUT2D eigenvalue weighted by molar-refractivity contribution is -0.116. The molecular weight excluding hydrogens is 394 g/mol. The predicted octanol–water partition coefficient (Wildman–Crippen LogP) is 4.63. The van der Waals surface area contributed by atoms with Crippen LogP contribution in [0.5, 0.6) is 0 Å². The van der Waals surface area contributed by atoms with E-state index < -0.39 is 10.0 Å². The van der Waals surface area contributed by atoms with Crippen LogP contribution >= 0.6 is 11.3 Å². The van der Waals surface area contributed by atoms with Crippen molar-refractivity contribution < 1.29 is 13.2 Å². The number of anilines is 1. The summed E-state index contributed by atoms with van der Waals surface area (Å²) in [5.41, 5.74) is 0.700. The summed E-state index contributed by atoms with van der Waals surface area (Å²) < 4.78 is 27.6. The largest absolute Gasteiger partial charge is 0.302 e. The second-order valence-corrected chi connectivity index (χ2v) is 10.3. The number of fused-ring (bicyclic) bond motifs is 1. The van der Waals surface area contributed by atoms with Gasteiger partial charge in [0, 0.05) is 19.5 Å². The Kier molecular flexibility index (Phi) is 7.06. The van der Waals surface area contributed by atoms with Crippen LogP contribution in [0.25, 0.3) is 10.2 Å². The van der Waals surface area contributed by atoms with Crippen LogP contribution in [0.4, 0.5) is 5.13 Å². The molecule has 154 valence electrons. The SMILES string of the molecule is CCN(CC)S(=O)(=O)c1ccc2nc(NC(=O)CCC3CCCCC3)sc2c1. The summed E-state index contributed by atoms with van der Waals surface area (Å²) in [4.78, 5) is 17.0. The molecule has 28 heavy (non-hydrogen) atoms. The zero-order valence-corrected chi connectivity index (χ0v) is 18.2. The highest BCUT2D eigenvalue weighted by molar-refractivity contribution is 7.89. The van der Waals surface area contributed by atoms with Gasteiger partial charge in [-0.25, -0.2) is 13.4 Å². The van der Waals surface area contributed by atoms with E-state index in [2.05, 4.69) is 10.3 Å². The number of amides is 1. The molecule has 2 aromatic rings. The van der Waals surface area contributed by atoms with Crippen LogP contribution in [0.15, 0.2) is 23.1 Å². The minimum absolute atomic E-state index is 0.0133. The van der Waals surface area contributed by atoms with E-state index in [-0.39, 0.29) is 10.8 Å². The third-order valence-electron chi connectivity index (χ3n) is 5.45. The lowest BCUT2D eigenvalue weighted by Crippen LogP contribution is -2.30. The first-order chi connectivity index (χ1) is 13.4. The van der Waals surface area contributed by atoms with Crippen molar-refractivity contribution in [2.24, 2.45) is 5.92 Å². The molecular formula is C20H29N3O3S2. The number of aromatic nitrogens is 1. The summed E-state index contributed by atoms with van der Waals surface area (Å²) >= 11 is 1.32. The third-order valence-corrected chi connectivity index (χ3v) is 8.43. The number of sulfonamides is 1. The topological polar surface area (TPSA) is 79.4 Å². The van der Waals surface area contributed by atoms with E-state index in [1.807, 2.05) is 13.8 Å². The molecule has 0 aliphatic heterocycles. The van der Waals surface area contributed by atoms with Gasteiger partial charge in [0.1, 0.15) is 0 Å². The summed E-state index contributed by atoms with van der Waals surface area (Å²) in [5.74, 6) is 0.656. The van der Waals surface area contributed by atoms with E-state index in [1.54, 1.807) is 18.2 Å². The van der Waals surface area contributed by atoms with Gasteiger partial charge in [-0.1, -0.05) is 57.3 Å². The van der Waals surface area contributed by atoms with Gasteiger partial charge in [0.15, 0.2) is 5.13 Å². The molecule has 1 N–H and O–H groups in total. The number of rotatable bonds is 8. The Morgan fingerprint density at radius 2 is 1.93 bits per heavy atom. The molecule has 6 nitrogen and oxygen atoms in total. The molecule has 1 heterocycles. The van der Waals surface area contributed by atoms with Gasteiger partial charge in [-0.2, -0.15) is 4.31 Å². The van der Waals surface area contributed by atoms with Crippen LogP contribution in [0.2, 0.25) is 0 Å². The third kappa shape index (κ3) is 4.90. The van der Waals surface area contributed by atoms with Gasteiger partial charge in [0.2, 0.25) is 15.9 Å². The Bertz CT molecular complexity index is 914. The number of carbonyl (C=O) groups excluding carboxylic acids is 1. The van der Waals surface area contributed by atoms with Crippen molar-refractivity contribution in [3.63, 3.8) is 0 Å². The van der Waals surface area contributed by atoms with Gasteiger partial charge in [0.25, 0.3) is 0 Å². The van der Waals surface area contributed by atoms with Crippen molar-refractivity contribution >= 4 is 42.6 Å². The lowest BCUT2D eigenvalue weighted by atomic mass is 9.86. The van der Waals surface area contributed by atoms with Crippen molar-refractivity contribution in [2.45, 2.75) is 63.7 Å². The van der Waals surface area contributed by atoms with Crippen LogP contribution in [0, 0.1) is 5.92 Å². The normalized spacial score (nSPS) is 16.0. The summed E-state index contributed by atoms with van der Waals surface area (Å²) in [6.45, 7) is 4.52. The molecule has 0 spiro atoms. The zero-order chi connectivity index (χ0) is 20.1. The Morgan fingerprint density at radius 3 is 2.61 bits per heavy atom. The number of benzene rings is 1. The van der Waals surface area contributed by atoms with E-state index in [4.69, 9.17) is 0 Å². The smallest absolute Gasteiger partial charge is 0.243 e. The van der Waals surface area contributed by atoms with Gasteiger partial charge in [-0.15, -0.1) is 0 Å². The Balaban J connectivity index is 1.67. The molecule has 0 unspecified atom stereocenters. The number of hydrogen-bond acceptors (Lipinski definition) is 5. The number of carbonyl (C=O) groups is 1. The molecule has 1 saturated carbocycles. The van der Waals surface area contributed by atoms with E-state index in [0.29, 0.717) is 36.1 Å². The molecule has 3 rings (SSSR count). The minimum Gasteiger partial charge on any atom is -0.302 e. The lowest BCUT2D eigenvalue weighted by Gasteiger charge is -2.20. The second kappa shape index (κ2) is 9.33. The van der Waals surface area contributed by atoms with Crippen LogP contribution in [-0.4, -0.2) is 36.7 Å². The fourth-order valence-electron chi connectivity index (χ4n) is 3.82. The van der Waals surface area contributed by atoms with E-state index in [0.717, 1.165) is 11.1 Å². The average molecular weight is 424 g/mol. The number of hydrogen-bond donors (Lipinski definition) is 1. The first-order valence-electron chi connectivity index (χ1n) is 10.1. The number of nitrogens with zero attached hydrogens (tertiary/aromatic N) is 2. The van der Waals surface area contributed by atoms with E-state index >= 15 is 0 Å². The van der Waals surface area contributed by atoms with Gasteiger partial charge in [0.05, 0.1) is 15.1 Å². The van der Waals surface area contributed by atoms with E-state index in [1.165, 1.54) is 47.7 Å². The van der Waals surface area contributed by atoms with Crippen LogP contribution < -0.4 is 5.32 Å². The molecule has 1 aromatic heterocycles. The molecule has 1 aliphatic rings. The average Bonchev–Trinajstić information content (AvgIpc) is 3.09. The summed E-state index contributed by atoms with van der Waals surface area (Å²) in [6, 6.07) is 4.95. The maximum Gasteiger partial charge on any atom is 0.243 e. The highest BCUT2D eigenvalue weighted by Crippen LogP contribution is 2.30. The van der Waals surface area contributed by atoms with Crippen LogP contribution in [0.1, 0.15) is 58.8 Å². The molecule has 0 saturated heterocycles. The Morgan fingerprint density at radius 1 is 1.21 bits per heavy atom. The standard InChI is InChI=1S/C20H29N3O3S2/c1-3-23(4-2)28(25,26)16-11-12-17-18(14-16)27-20(21-17)22-19(24)13-10-15-8-6-5-7-9-15/h11-12,14-15H,3-10,13H2,1-2H3,(H,21,22,24). The maximum absolute atomic E-state index is 12.7. The minimum atomic E-state index is -3.50. The fourth-order valence-corrected chi connectivity index (χ4v) is 6.30. The van der Waals surface area contributed by atoms with Crippen molar-refractivity contribution in [3.8, 4) is 0 Å². The first kappa shape index (κ1) is 21.2. The van der Waals surface area contributed by atoms with Crippen molar-refractivity contribution in [3.05, 3.63) is 18.2 Å². The summed E-state index contributed by atoms with van der Waals surface area (Å²) in [5, 5.41) is 3.41. The molecule has 1 fully saturated rings. The van der Waals surface area contributed by atoms with Crippen molar-refractivity contribution in [2.75, 3.05) is 18.4 Å². The number of nitrogens with one attached hydrogen (secondary N) is 1. The Hall–Kier alpha value is -1.51. The highest BCUT2D eigenvalue weighted by Gasteiger charge is 2.22. The summed E-state index contributed by atoms with van der Waals surface area (Å²) in [7, 11) is -3.50. The molecule has 0 bridgehead atoms. The molecule has 1 amide bonds. The fraction of sp³-hybridized carbons (Fsp3) is 0.600. The van der Waals surface area contributed by atoms with Gasteiger partial charge in [-0.05, 0) is 30.5 Å². The zero-order valence-electron chi connectivity index (χ0n) is 16.6. The van der Waals surface area contributed by atoms with Gasteiger partial charge >= 0.3 is 0 Å². The predicted molar refractivity (Wildman–Crippen MR) is 114 cm³/mol. The molecule has 0 atom stereocenters. The van der Waals surface area contributed by atoms with E-state index in [9.17, 15) is 13.2 Å². The summed E-state index contributed by atoms with van der Waals surface area (Å²) in [6.07, 6.45) is 7.80. The first-order valence-corrected chi connectivity index (χ1v) is 12.4. The van der Waals surface area contributed by atoms with Gasteiger partial charge in [-0.3, -0.25) is 4.79 Å². The monoisotopic (exact) mass is 423 g/mol. The van der Waals surface area contributed by atoms with Crippen LogP contribution in [-0.2, 0) is 14.8 Å². The highest BCUT2D eigenvalue weighted by atomic mass is 32.2.